The van der Waals surface area contributed by atoms with Gasteiger partial charge in [0.05, 0.1) is 22.3 Å². The van der Waals surface area contributed by atoms with Gasteiger partial charge < -0.3 is 4.74 Å². The van der Waals surface area contributed by atoms with E-state index in [2.05, 4.69) is 0 Å². The zero-order valence-corrected chi connectivity index (χ0v) is 17.7. The van der Waals surface area contributed by atoms with E-state index in [1.165, 1.54) is 28.4 Å². The Morgan fingerprint density at radius 3 is 2.23 bits per heavy atom. The molecule has 1 unspecified atom stereocenters. The van der Waals surface area contributed by atoms with Crippen LogP contribution >= 0.6 is 23.5 Å². The summed E-state index contributed by atoms with van der Waals surface area (Å²) in [7, 11) is 0. The quantitative estimate of drug-likeness (QED) is 0.629. The van der Waals surface area contributed by atoms with Gasteiger partial charge in [-0.15, -0.1) is 23.5 Å². The first kappa shape index (κ1) is 22.7. The lowest BCUT2D eigenvalue weighted by molar-refractivity contribution is -0.125. The molecule has 1 amide bonds. The molecule has 26 heavy (non-hydrogen) atoms. The number of carbonyl (C=O) groups excluding carboxylic acids is 2. The van der Waals surface area contributed by atoms with E-state index in [4.69, 9.17) is 4.74 Å². The summed E-state index contributed by atoms with van der Waals surface area (Å²) in [4.78, 5) is 27.1. The van der Waals surface area contributed by atoms with Gasteiger partial charge in [-0.25, -0.2) is 4.79 Å². The van der Waals surface area contributed by atoms with E-state index < -0.39 is 27.7 Å². The summed E-state index contributed by atoms with van der Waals surface area (Å²) in [5.74, 6) is -1.02. The SMILES string of the molecule is CSC(CC(=O)C1CCCCN1C(=O)OC(C)(C)C)(SC)C(C#N)C#N. The van der Waals surface area contributed by atoms with E-state index in [1.807, 2.05) is 12.1 Å². The third kappa shape index (κ3) is 5.56. The number of likely N-dealkylation sites (tertiary alicyclic amines) is 1. The predicted molar refractivity (Wildman–Crippen MR) is 105 cm³/mol. The van der Waals surface area contributed by atoms with Crippen LogP contribution in [0.1, 0.15) is 46.5 Å². The highest BCUT2D eigenvalue weighted by Gasteiger charge is 2.44. The Kier molecular flexibility index (Phi) is 8.30. The van der Waals surface area contributed by atoms with Gasteiger partial charge in [0, 0.05) is 13.0 Å². The van der Waals surface area contributed by atoms with Crippen LogP contribution in [0, 0.1) is 28.6 Å². The lowest BCUT2D eigenvalue weighted by Gasteiger charge is -2.38. The molecule has 0 radical (unpaired) electrons. The van der Waals surface area contributed by atoms with E-state index >= 15 is 0 Å². The highest BCUT2D eigenvalue weighted by atomic mass is 32.2. The Bertz CT molecular complexity index is 586. The Hall–Kier alpha value is -1.38. The molecule has 144 valence electrons. The van der Waals surface area contributed by atoms with Crippen LogP contribution in [0.15, 0.2) is 0 Å². The third-order valence-corrected chi connectivity index (χ3v) is 7.45. The van der Waals surface area contributed by atoms with Gasteiger partial charge in [-0.05, 0) is 52.5 Å². The Morgan fingerprint density at radius 1 is 1.19 bits per heavy atom. The zero-order chi connectivity index (χ0) is 20.0. The Morgan fingerprint density at radius 2 is 1.77 bits per heavy atom. The molecule has 0 aromatic carbocycles. The summed E-state index contributed by atoms with van der Waals surface area (Å²) >= 11 is 2.70. The van der Waals surface area contributed by atoms with Gasteiger partial charge in [-0.3, -0.25) is 9.69 Å². The highest BCUT2D eigenvalue weighted by molar-refractivity contribution is 8.17. The molecule has 1 heterocycles. The number of hydrogen-bond donors (Lipinski definition) is 0. The monoisotopic (exact) mass is 397 g/mol. The number of carbonyl (C=O) groups is 2. The molecular formula is C18H27N3O3S2. The lowest BCUT2D eigenvalue weighted by atomic mass is 9.93. The summed E-state index contributed by atoms with van der Waals surface area (Å²) in [6.45, 7) is 5.87. The Balaban J connectivity index is 3.02. The summed E-state index contributed by atoms with van der Waals surface area (Å²) in [5.41, 5.74) is -0.628. The zero-order valence-electron chi connectivity index (χ0n) is 16.1. The van der Waals surface area contributed by atoms with Crippen LogP contribution in [-0.4, -0.2) is 51.6 Å². The molecule has 0 aliphatic carbocycles. The second-order valence-electron chi connectivity index (χ2n) is 7.24. The number of rotatable bonds is 6. The first-order chi connectivity index (χ1) is 12.1. The fourth-order valence-corrected chi connectivity index (χ4v) is 4.88. The number of amides is 1. The first-order valence-electron chi connectivity index (χ1n) is 8.56. The average Bonchev–Trinajstić information content (AvgIpc) is 2.60. The van der Waals surface area contributed by atoms with E-state index in [0.717, 1.165) is 12.8 Å². The van der Waals surface area contributed by atoms with Crippen molar-refractivity contribution in [3.05, 3.63) is 0 Å². The molecule has 0 aromatic heterocycles. The average molecular weight is 398 g/mol. The molecule has 0 spiro atoms. The fourth-order valence-electron chi connectivity index (χ4n) is 2.96. The molecule has 1 aliphatic rings. The van der Waals surface area contributed by atoms with Crippen molar-refractivity contribution < 1.29 is 14.3 Å². The minimum Gasteiger partial charge on any atom is -0.444 e. The van der Waals surface area contributed by atoms with Gasteiger partial charge in [0.15, 0.2) is 11.7 Å². The van der Waals surface area contributed by atoms with Gasteiger partial charge in [0.25, 0.3) is 0 Å². The largest absolute Gasteiger partial charge is 0.444 e. The van der Waals surface area contributed by atoms with Gasteiger partial charge in [0.1, 0.15) is 5.60 Å². The van der Waals surface area contributed by atoms with Crippen LogP contribution in [0.3, 0.4) is 0 Å². The minimum absolute atomic E-state index is 0.0606. The van der Waals surface area contributed by atoms with Gasteiger partial charge in [0.2, 0.25) is 0 Å². The molecule has 0 N–H and O–H groups in total. The first-order valence-corrected chi connectivity index (χ1v) is 11.0. The molecule has 6 nitrogen and oxygen atoms in total. The van der Waals surface area contributed by atoms with Crippen LogP contribution in [0.4, 0.5) is 4.79 Å². The second kappa shape index (κ2) is 9.53. The number of hydrogen-bond acceptors (Lipinski definition) is 7. The Labute approximate surface area is 164 Å². The van der Waals surface area contributed by atoms with E-state index in [9.17, 15) is 20.1 Å². The van der Waals surface area contributed by atoms with Crippen molar-refractivity contribution in [2.24, 2.45) is 5.92 Å². The lowest BCUT2D eigenvalue weighted by Crippen LogP contribution is -2.51. The van der Waals surface area contributed by atoms with Crippen LogP contribution < -0.4 is 0 Å². The van der Waals surface area contributed by atoms with Crippen molar-refractivity contribution >= 4 is 35.4 Å². The number of ether oxygens (including phenoxy) is 1. The smallest absolute Gasteiger partial charge is 0.410 e. The maximum atomic E-state index is 13.1. The molecule has 0 saturated carbocycles. The van der Waals surface area contributed by atoms with Crippen LogP contribution in [0.25, 0.3) is 0 Å². The molecule has 0 aromatic rings. The van der Waals surface area contributed by atoms with Crippen LogP contribution in [0.5, 0.6) is 0 Å². The molecular weight excluding hydrogens is 370 g/mol. The second-order valence-corrected chi connectivity index (χ2v) is 9.77. The van der Waals surface area contributed by atoms with Crippen molar-refractivity contribution in [1.82, 2.24) is 4.90 Å². The molecule has 0 bridgehead atoms. The van der Waals surface area contributed by atoms with Crippen molar-refractivity contribution in [3.63, 3.8) is 0 Å². The predicted octanol–water partition coefficient (Wildman–Crippen LogP) is 3.82. The summed E-state index contributed by atoms with van der Waals surface area (Å²) in [5, 5.41) is 18.6. The summed E-state index contributed by atoms with van der Waals surface area (Å²) in [6.07, 6.45) is 5.47. The van der Waals surface area contributed by atoms with Crippen molar-refractivity contribution in [2.45, 2.75) is 62.2 Å². The number of ketones is 1. The van der Waals surface area contributed by atoms with Gasteiger partial charge in [-0.1, -0.05) is 0 Å². The van der Waals surface area contributed by atoms with Crippen molar-refractivity contribution in [2.75, 3.05) is 19.1 Å². The van der Waals surface area contributed by atoms with Crippen molar-refractivity contribution in [1.29, 1.82) is 10.5 Å². The third-order valence-electron chi connectivity index (χ3n) is 4.31. The number of thioether (sulfide) groups is 2. The molecule has 1 fully saturated rings. The molecule has 1 atom stereocenters. The molecule has 1 rings (SSSR count). The number of piperidine rings is 1. The standard InChI is InChI=1S/C18H27N3O3S2/c1-17(2,3)24-16(23)21-9-7-6-8-14(21)15(22)10-18(25-4,26-5)13(11-19)12-20/h13-14H,6-10H2,1-5H3. The van der Waals surface area contributed by atoms with Crippen molar-refractivity contribution in [3.8, 4) is 12.1 Å². The minimum atomic E-state index is -0.907. The van der Waals surface area contributed by atoms with Gasteiger partial charge >= 0.3 is 6.09 Å². The molecule has 1 aliphatic heterocycles. The summed E-state index contributed by atoms with van der Waals surface area (Å²) in [6, 6.07) is 3.46. The fraction of sp³-hybridized carbons (Fsp3) is 0.778. The van der Waals surface area contributed by atoms with E-state index in [-0.39, 0.29) is 12.2 Å². The number of Topliss-reactive ketones (excluding diaryl/α,β-unsaturated/α-hetero) is 1. The highest BCUT2D eigenvalue weighted by Crippen LogP contribution is 2.44. The maximum absolute atomic E-state index is 13.1. The summed E-state index contributed by atoms with van der Waals surface area (Å²) < 4.78 is 4.61. The molecule has 1 saturated heterocycles. The van der Waals surface area contributed by atoms with Crippen LogP contribution in [0.2, 0.25) is 0 Å². The van der Waals surface area contributed by atoms with E-state index in [1.54, 1.807) is 33.3 Å². The maximum Gasteiger partial charge on any atom is 0.410 e. The number of nitrogens with zero attached hydrogens (tertiary/aromatic N) is 3. The van der Waals surface area contributed by atoms with Gasteiger partial charge in [-0.2, -0.15) is 10.5 Å². The molecule has 8 heteroatoms. The van der Waals surface area contributed by atoms with Crippen LogP contribution in [-0.2, 0) is 9.53 Å². The van der Waals surface area contributed by atoms with E-state index in [0.29, 0.717) is 13.0 Å². The topological polar surface area (TPSA) is 94.2 Å². The number of nitriles is 2. The normalized spacial score (nSPS) is 18.2.